The van der Waals surface area contributed by atoms with E-state index in [0.717, 1.165) is 30.7 Å². The summed E-state index contributed by atoms with van der Waals surface area (Å²) in [5.74, 6) is 1.46. The van der Waals surface area contributed by atoms with Crippen LogP contribution in [0.5, 0.6) is 11.5 Å². The van der Waals surface area contributed by atoms with Crippen LogP contribution in [0.1, 0.15) is 37.5 Å². The normalized spacial score (nSPS) is 17.6. The molecule has 1 N–H and O–H groups in total. The Morgan fingerprint density at radius 1 is 1.17 bits per heavy atom. The van der Waals surface area contributed by atoms with E-state index >= 15 is 0 Å². The first kappa shape index (κ1) is 19.5. The van der Waals surface area contributed by atoms with E-state index in [9.17, 15) is 9.90 Å². The minimum absolute atomic E-state index is 0.0816. The number of piperidine rings is 1. The smallest absolute Gasteiger partial charge is 0.200 e. The summed E-state index contributed by atoms with van der Waals surface area (Å²) in [6.45, 7) is 5.58. The first-order chi connectivity index (χ1) is 14.0. The molecule has 0 unspecified atom stereocenters. The quantitative estimate of drug-likeness (QED) is 0.686. The molecule has 0 bridgehead atoms. The van der Waals surface area contributed by atoms with Gasteiger partial charge >= 0.3 is 0 Å². The molecule has 3 aromatic rings. The molecular formula is C24H27NO4. The average molecular weight is 393 g/mol. The standard InChI is InChI=1S/C24H27NO4/c1-15-6-4-5-13-25(15)14-20-21(26)12-11-19-23(27)22(16(2)29-24(19)20)17-7-9-18(28-3)10-8-17/h7-12,15,26H,4-6,13-14H2,1-3H3/t15-/m1/s1. The Bertz CT molecular complexity index is 1080. The molecule has 0 saturated carbocycles. The Balaban J connectivity index is 1.83. The van der Waals surface area contributed by atoms with Crippen LogP contribution in [0.3, 0.4) is 0 Å². The maximum atomic E-state index is 13.3. The predicted molar refractivity (Wildman–Crippen MR) is 115 cm³/mol. The summed E-state index contributed by atoms with van der Waals surface area (Å²) in [5, 5.41) is 11.0. The summed E-state index contributed by atoms with van der Waals surface area (Å²) in [7, 11) is 1.61. The average Bonchev–Trinajstić information content (AvgIpc) is 2.72. The van der Waals surface area contributed by atoms with Gasteiger partial charge in [0.15, 0.2) is 0 Å². The SMILES string of the molecule is COc1ccc(-c2c(C)oc3c(CN4CCCC[C@H]4C)c(O)ccc3c2=O)cc1. The van der Waals surface area contributed by atoms with Crippen molar-refractivity contribution in [2.75, 3.05) is 13.7 Å². The molecule has 0 spiro atoms. The molecule has 4 rings (SSSR count). The van der Waals surface area contributed by atoms with E-state index in [0.29, 0.717) is 40.4 Å². The first-order valence-electron chi connectivity index (χ1n) is 10.2. The molecule has 0 radical (unpaired) electrons. The molecule has 1 aliphatic heterocycles. The number of likely N-dealkylation sites (tertiary alicyclic amines) is 1. The third kappa shape index (κ3) is 3.62. The fourth-order valence-corrected chi connectivity index (χ4v) is 4.25. The van der Waals surface area contributed by atoms with Crippen LogP contribution in [0.15, 0.2) is 45.6 Å². The summed E-state index contributed by atoms with van der Waals surface area (Å²) in [6.07, 6.45) is 3.54. The van der Waals surface area contributed by atoms with Crippen LogP contribution in [0.25, 0.3) is 22.1 Å². The second-order valence-electron chi connectivity index (χ2n) is 7.85. The first-order valence-corrected chi connectivity index (χ1v) is 10.2. The number of rotatable bonds is 4. The van der Waals surface area contributed by atoms with E-state index in [1.807, 2.05) is 24.3 Å². The van der Waals surface area contributed by atoms with E-state index in [2.05, 4.69) is 11.8 Å². The van der Waals surface area contributed by atoms with Crippen LogP contribution in [-0.4, -0.2) is 29.7 Å². The van der Waals surface area contributed by atoms with Gasteiger partial charge in [-0.3, -0.25) is 9.69 Å². The van der Waals surface area contributed by atoms with Gasteiger partial charge in [0.05, 0.1) is 23.6 Å². The number of fused-ring (bicyclic) bond motifs is 1. The molecule has 5 heteroatoms. The number of ether oxygens (including phenoxy) is 1. The Morgan fingerprint density at radius 3 is 2.62 bits per heavy atom. The second kappa shape index (κ2) is 7.91. The molecule has 5 nitrogen and oxygen atoms in total. The summed E-state index contributed by atoms with van der Waals surface area (Å²) < 4.78 is 11.4. The van der Waals surface area contributed by atoms with Crippen molar-refractivity contribution in [3.8, 4) is 22.6 Å². The number of phenols is 1. The van der Waals surface area contributed by atoms with Crippen molar-refractivity contribution in [2.24, 2.45) is 0 Å². The van der Waals surface area contributed by atoms with E-state index in [1.54, 1.807) is 26.2 Å². The summed E-state index contributed by atoms with van der Waals surface area (Å²) in [6, 6.07) is 11.1. The van der Waals surface area contributed by atoms with Gasteiger partial charge in [0.2, 0.25) is 5.43 Å². The van der Waals surface area contributed by atoms with Gasteiger partial charge < -0.3 is 14.3 Å². The molecular weight excluding hydrogens is 366 g/mol. The van der Waals surface area contributed by atoms with Gasteiger partial charge in [-0.05, 0) is 63.1 Å². The van der Waals surface area contributed by atoms with Crippen molar-refractivity contribution in [3.05, 3.63) is 57.9 Å². The number of benzene rings is 2. The Morgan fingerprint density at radius 2 is 1.93 bits per heavy atom. The second-order valence-corrected chi connectivity index (χ2v) is 7.85. The fourth-order valence-electron chi connectivity index (χ4n) is 4.25. The van der Waals surface area contributed by atoms with Crippen molar-refractivity contribution in [1.29, 1.82) is 0 Å². The van der Waals surface area contributed by atoms with Gasteiger partial charge in [-0.15, -0.1) is 0 Å². The summed E-state index contributed by atoms with van der Waals surface area (Å²) in [5.41, 5.74) is 2.43. The molecule has 1 fully saturated rings. The topological polar surface area (TPSA) is 62.9 Å². The zero-order valence-electron chi connectivity index (χ0n) is 17.2. The Kier molecular flexibility index (Phi) is 5.33. The van der Waals surface area contributed by atoms with Gasteiger partial charge in [-0.2, -0.15) is 0 Å². The highest BCUT2D eigenvalue weighted by molar-refractivity contribution is 5.86. The van der Waals surface area contributed by atoms with Gasteiger partial charge in [0.1, 0.15) is 22.8 Å². The molecule has 2 heterocycles. The largest absolute Gasteiger partial charge is 0.507 e. The molecule has 1 aliphatic rings. The zero-order valence-corrected chi connectivity index (χ0v) is 17.2. The number of hydrogen-bond donors (Lipinski definition) is 1. The van der Waals surface area contributed by atoms with Crippen LogP contribution in [0, 0.1) is 6.92 Å². The molecule has 0 aliphatic carbocycles. The molecule has 1 aromatic heterocycles. The molecule has 152 valence electrons. The van der Waals surface area contributed by atoms with Crippen molar-refractivity contribution in [1.82, 2.24) is 4.90 Å². The highest BCUT2D eigenvalue weighted by atomic mass is 16.5. The van der Waals surface area contributed by atoms with Crippen molar-refractivity contribution in [2.45, 2.75) is 45.7 Å². The lowest BCUT2D eigenvalue weighted by molar-refractivity contribution is 0.151. The van der Waals surface area contributed by atoms with Crippen molar-refractivity contribution in [3.63, 3.8) is 0 Å². The monoisotopic (exact) mass is 393 g/mol. The third-order valence-corrected chi connectivity index (χ3v) is 6.00. The zero-order chi connectivity index (χ0) is 20.5. The summed E-state index contributed by atoms with van der Waals surface area (Å²) >= 11 is 0. The number of phenolic OH excluding ortho intramolecular Hbond substituents is 1. The molecule has 0 amide bonds. The van der Waals surface area contributed by atoms with Crippen LogP contribution in [0.4, 0.5) is 0 Å². The number of methoxy groups -OCH3 is 1. The van der Waals surface area contributed by atoms with E-state index in [1.165, 1.54) is 6.42 Å². The summed E-state index contributed by atoms with van der Waals surface area (Å²) in [4.78, 5) is 15.7. The number of hydrogen-bond acceptors (Lipinski definition) is 5. The Hall–Kier alpha value is -2.79. The van der Waals surface area contributed by atoms with E-state index < -0.39 is 0 Å². The lowest BCUT2D eigenvalue weighted by Gasteiger charge is -2.33. The highest BCUT2D eigenvalue weighted by Crippen LogP contribution is 2.32. The molecule has 1 atom stereocenters. The van der Waals surface area contributed by atoms with Crippen molar-refractivity contribution >= 4 is 11.0 Å². The number of aromatic hydroxyl groups is 1. The van der Waals surface area contributed by atoms with Crippen LogP contribution in [0.2, 0.25) is 0 Å². The van der Waals surface area contributed by atoms with Crippen molar-refractivity contribution < 1.29 is 14.3 Å². The van der Waals surface area contributed by atoms with Gasteiger partial charge in [0, 0.05) is 12.6 Å². The minimum Gasteiger partial charge on any atom is -0.507 e. The van der Waals surface area contributed by atoms with Crippen LogP contribution >= 0.6 is 0 Å². The Labute approximate surface area is 170 Å². The van der Waals surface area contributed by atoms with Gasteiger partial charge in [0.25, 0.3) is 0 Å². The van der Waals surface area contributed by atoms with Crippen LogP contribution < -0.4 is 10.2 Å². The van der Waals surface area contributed by atoms with E-state index in [-0.39, 0.29) is 11.2 Å². The van der Waals surface area contributed by atoms with Crippen LogP contribution in [-0.2, 0) is 6.54 Å². The lowest BCUT2D eigenvalue weighted by atomic mass is 9.99. The maximum absolute atomic E-state index is 13.3. The van der Waals surface area contributed by atoms with E-state index in [4.69, 9.17) is 9.15 Å². The number of nitrogens with zero attached hydrogens (tertiary/aromatic N) is 1. The molecule has 29 heavy (non-hydrogen) atoms. The third-order valence-electron chi connectivity index (χ3n) is 6.00. The minimum atomic E-state index is -0.0816. The maximum Gasteiger partial charge on any atom is 0.200 e. The predicted octanol–water partition coefficient (Wildman–Crippen LogP) is 4.86. The fraction of sp³-hybridized carbons (Fsp3) is 0.375. The van der Waals surface area contributed by atoms with Gasteiger partial charge in [-0.1, -0.05) is 18.6 Å². The molecule has 2 aromatic carbocycles. The highest BCUT2D eigenvalue weighted by Gasteiger charge is 2.23. The lowest BCUT2D eigenvalue weighted by Crippen LogP contribution is -2.36. The van der Waals surface area contributed by atoms with Gasteiger partial charge in [-0.25, -0.2) is 0 Å². The molecule has 1 saturated heterocycles. The number of aryl methyl sites for hydroxylation is 1.